The van der Waals surface area contributed by atoms with E-state index < -0.39 is 0 Å². The van der Waals surface area contributed by atoms with E-state index in [2.05, 4.69) is 102 Å². The van der Waals surface area contributed by atoms with Crippen LogP contribution < -0.4 is 9.47 Å². The average molecular weight is 741 g/mol. The molecule has 0 N–H and O–H groups in total. The molecule has 4 aromatic rings. The maximum absolute atomic E-state index is 11.1. The SMILES string of the molecule is C=CC(=O)OCCCCCCOc1ccc2cc(C#Cc3ccc(C#Cc4ccc(OCCCOCI)cc4)cc3CC)ccc2c1. The van der Waals surface area contributed by atoms with E-state index in [0.29, 0.717) is 31.0 Å². The maximum atomic E-state index is 11.1. The van der Waals surface area contributed by atoms with Gasteiger partial charge in [0.25, 0.3) is 0 Å². The van der Waals surface area contributed by atoms with Gasteiger partial charge in [-0.15, -0.1) is 0 Å². The normalized spacial score (nSPS) is 10.3. The monoisotopic (exact) mass is 740 g/mol. The first-order valence-electron chi connectivity index (χ1n) is 16.1. The summed E-state index contributed by atoms with van der Waals surface area (Å²) in [5.41, 5.74) is 5.08. The molecule has 0 bridgehead atoms. The molecule has 0 aromatic heterocycles. The predicted molar refractivity (Wildman–Crippen MR) is 198 cm³/mol. The van der Waals surface area contributed by atoms with Crippen molar-refractivity contribution < 1.29 is 23.7 Å². The lowest BCUT2D eigenvalue weighted by molar-refractivity contribution is -0.137. The Morgan fingerprint density at radius 3 is 2.09 bits per heavy atom. The van der Waals surface area contributed by atoms with Crippen LogP contribution in [-0.4, -0.2) is 37.0 Å². The third-order valence-corrected chi connectivity index (χ3v) is 7.78. The fourth-order valence-corrected chi connectivity index (χ4v) is 5.09. The molecular weight excluding hydrogens is 699 g/mol. The average Bonchev–Trinajstić information content (AvgIpc) is 3.11. The number of aryl methyl sites for hydroxylation is 1. The van der Waals surface area contributed by atoms with Gasteiger partial charge in [-0.25, -0.2) is 4.79 Å². The fraction of sp³-hybridized carbons (Fsp3) is 0.293. The lowest BCUT2D eigenvalue weighted by atomic mass is 10.0. The number of esters is 1. The molecular formula is C41H41IO5. The molecule has 0 aliphatic heterocycles. The van der Waals surface area contributed by atoms with E-state index in [1.807, 2.05) is 36.4 Å². The molecule has 0 radical (unpaired) electrons. The van der Waals surface area contributed by atoms with Crippen LogP contribution in [0, 0.1) is 23.7 Å². The molecule has 47 heavy (non-hydrogen) atoms. The van der Waals surface area contributed by atoms with Crippen molar-refractivity contribution in [3.05, 3.63) is 119 Å². The summed E-state index contributed by atoms with van der Waals surface area (Å²) in [4.78, 5) is 11.1. The summed E-state index contributed by atoms with van der Waals surface area (Å²) in [6, 6.07) is 26.6. The minimum Gasteiger partial charge on any atom is -0.494 e. The Bertz CT molecular complexity index is 1740. The van der Waals surface area contributed by atoms with E-state index in [1.54, 1.807) is 0 Å². The van der Waals surface area contributed by atoms with Crippen LogP contribution in [0.4, 0.5) is 0 Å². The topological polar surface area (TPSA) is 54.0 Å². The van der Waals surface area contributed by atoms with Gasteiger partial charge in [-0.3, -0.25) is 0 Å². The zero-order chi connectivity index (χ0) is 33.1. The molecule has 0 atom stereocenters. The lowest BCUT2D eigenvalue weighted by Crippen LogP contribution is -2.02. The summed E-state index contributed by atoms with van der Waals surface area (Å²) in [6.07, 6.45) is 6.76. The zero-order valence-corrected chi connectivity index (χ0v) is 29.1. The number of halogens is 1. The van der Waals surface area contributed by atoms with Crippen LogP contribution in [0.1, 0.15) is 66.8 Å². The lowest BCUT2D eigenvalue weighted by Gasteiger charge is -2.08. The molecule has 0 aliphatic carbocycles. The molecule has 0 saturated carbocycles. The second-order valence-corrected chi connectivity index (χ2v) is 11.5. The van der Waals surface area contributed by atoms with Crippen molar-refractivity contribution in [2.24, 2.45) is 0 Å². The highest BCUT2D eigenvalue weighted by molar-refractivity contribution is 14.1. The second kappa shape index (κ2) is 20.1. The predicted octanol–water partition coefficient (Wildman–Crippen LogP) is 9.05. The van der Waals surface area contributed by atoms with Crippen molar-refractivity contribution in [2.75, 3.05) is 31.0 Å². The van der Waals surface area contributed by atoms with Crippen molar-refractivity contribution in [1.82, 2.24) is 0 Å². The molecule has 0 spiro atoms. The summed E-state index contributed by atoms with van der Waals surface area (Å²) in [5, 5.41) is 2.24. The highest BCUT2D eigenvalue weighted by Crippen LogP contribution is 2.23. The third-order valence-electron chi connectivity index (χ3n) is 7.34. The van der Waals surface area contributed by atoms with Crippen LogP contribution >= 0.6 is 22.6 Å². The summed E-state index contributed by atoms with van der Waals surface area (Å²) >= 11 is 2.19. The van der Waals surface area contributed by atoms with Gasteiger partial charge in [0, 0.05) is 34.8 Å². The molecule has 5 nitrogen and oxygen atoms in total. The Morgan fingerprint density at radius 1 is 0.681 bits per heavy atom. The van der Waals surface area contributed by atoms with E-state index in [9.17, 15) is 4.79 Å². The van der Waals surface area contributed by atoms with Gasteiger partial charge in [0.1, 0.15) is 11.5 Å². The number of hydrogen-bond acceptors (Lipinski definition) is 5. The van der Waals surface area contributed by atoms with E-state index >= 15 is 0 Å². The van der Waals surface area contributed by atoms with Crippen LogP contribution in [0.15, 0.2) is 91.5 Å². The summed E-state index contributed by atoms with van der Waals surface area (Å²) in [7, 11) is 0. The summed E-state index contributed by atoms with van der Waals surface area (Å²) in [6.45, 7) is 7.98. The maximum Gasteiger partial charge on any atom is 0.330 e. The number of hydrogen-bond donors (Lipinski definition) is 0. The van der Waals surface area contributed by atoms with E-state index in [-0.39, 0.29) is 5.97 Å². The van der Waals surface area contributed by atoms with Crippen molar-refractivity contribution in [2.45, 2.75) is 45.4 Å². The number of rotatable bonds is 16. The number of carbonyl (C=O) groups is 1. The number of alkyl halides is 1. The minimum atomic E-state index is -0.364. The summed E-state index contributed by atoms with van der Waals surface area (Å²) in [5.74, 6) is 14.6. The standard InChI is InChI=1S/C41H41IO5/c1-3-35-28-33(11-10-32-15-21-39(22-16-32)45-27-9-24-44-31-42)12-17-36(35)18-13-34-14-19-38-30-40(23-20-37(38)29-34)46-25-7-5-6-8-26-47-41(43)4-2/h4,12,14-17,19-23,28-30H,2-3,5-9,24-27,31H2,1H3. The summed E-state index contributed by atoms with van der Waals surface area (Å²) < 4.78 is 22.8. The van der Waals surface area contributed by atoms with Gasteiger partial charge in [-0.2, -0.15) is 0 Å². The molecule has 0 heterocycles. The van der Waals surface area contributed by atoms with Gasteiger partial charge in [0.05, 0.1) is 31.0 Å². The highest BCUT2D eigenvalue weighted by Gasteiger charge is 2.03. The Hall–Kier alpha value is -4.24. The molecule has 0 aliphatic rings. The smallest absolute Gasteiger partial charge is 0.330 e. The van der Waals surface area contributed by atoms with Gasteiger partial charge < -0.3 is 18.9 Å². The van der Waals surface area contributed by atoms with Crippen LogP contribution in [0.2, 0.25) is 0 Å². The van der Waals surface area contributed by atoms with Crippen molar-refractivity contribution in [3.8, 4) is 35.2 Å². The number of ether oxygens (including phenoxy) is 4. The molecule has 4 rings (SSSR count). The Balaban J connectivity index is 1.29. The molecule has 0 saturated heterocycles. The first kappa shape index (κ1) is 35.6. The van der Waals surface area contributed by atoms with Gasteiger partial charge in [-0.05, 0) is 115 Å². The molecule has 0 fully saturated rings. The first-order chi connectivity index (χ1) is 23.1. The van der Waals surface area contributed by atoms with Gasteiger partial charge in [0.2, 0.25) is 0 Å². The van der Waals surface area contributed by atoms with Crippen LogP contribution in [0.5, 0.6) is 11.5 Å². The highest BCUT2D eigenvalue weighted by atomic mass is 127. The second-order valence-electron chi connectivity index (χ2n) is 10.8. The van der Waals surface area contributed by atoms with Crippen molar-refractivity contribution in [3.63, 3.8) is 0 Å². The van der Waals surface area contributed by atoms with Crippen LogP contribution in [0.25, 0.3) is 10.8 Å². The van der Waals surface area contributed by atoms with Gasteiger partial charge >= 0.3 is 5.97 Å². The van der Waals surface area contributed by atoms with Crippen molar-refractivity contribution in [1.29, 1.82) is 0 Å². The number of carbonyl (C=O) groups excluding carboxylic acids is 1. The van der Waals surface area contributed by atoms with E-state index in [1.165, 1.54) is 11.6 Å². The molecule has 0 unspecified atom stereocenters. The number of fused-ring (bicyclic) bond motifs is 1. The van der Waals surface area contributed by atoms with E-state index in [4.69, 9.17) is 18.9 Å². The van der Waals surface area contributed by atoms with E-state index in [0.717, 1.165) is 83.1 Å². The Labute approximate surface area is 292 Å². The molecule has 4 aromatic carbocycles. The Kier molecular flexibility index (Phi) is 15.2. The number of benzene rings is 4. The van der Waals surface area contributed by atoms with Crippen LogP contribution in [-0.2, 0) is 20.7 Å². The molecule has 242 valence electrons. The van der Waals surface area contributed by atoms with Gasteiger partial charge in [0.15, 0.2) is 0 Å². The molecule has 0 amide bonds. The van der Waals surface area contributed by atoms with Gasteiger partial charge in [-0.1, -0.05) is 71.9 Å². The Morgan fingerprint density at radius 2 is 1.30 bits per heavy atom. The third kappa shape index (κ3) is 12.5. The van der Waals surface area contributed by atoms with Crippen molar-refractivity contribution >= 4 is 39.3 Å². The first-order valence-corrected chi connectivity index (χ1v) is 17.6. The number of unbranched alkanes of at least 4 members (excludes halogenated alkanes) is 3. The fourth-order valence-electron chi connectivity index (χ4n) is 4.78. The zero-order valence-electron chi connectivity index (χ0n) is 27.0. The van der Waals surface area contributed by atoms with Crippen LogP contribution in [0.3, 0.4) is 0 Å². The largest absolute Gasteiger partial charge is 0.494 e. The quantitative estimate of drug-likeness (QED) is 0.0287. The molecule has 6 heteroatoms. The minimum absolute atomic E-state index is 0.364.